The molecule has 2 nitrogen and oxygen atoms in total. The molecule has 1 aromatic rings. The molecule has 0 saturated carbocycles. The Hall–Kier alpha value is -0.960. The van der Waals surface area contributed by atoms with E-state index in [0.717, 1.165) is 5.56 Å². The van der Waals surface area contributed by atoms with Crippen LogP contribution in [-0.2, 0) is 4.79 Å². The highest BCUT2D eigenvalue weighted by Gasteiger charge is 2.07. The van der Waals surface area contributed by atoms with Gasteiger partial charge in [-0.3, -0.25) is 4.79 Å². The molecule has 0 saturated heterocycles. The first-order valence-corrected chi connectivity index (χ1v) is 4.66. The number of rotatable bonds is 4. The van der Waals surface area contributed by atoms with Crippen LogP contribution in [-0.4, -0.2) is 11.1 Å². The molecule has 0 radical (unpaired) electrons. The van der Waals surface area contributed by atoms with Crippen LogP contribution in [0.5, 0.6) is 0 Å². The lowest BCUT2D eigenvalue weighted by molar-refractivity contribution is -0.137. The molecule has 0 fully saturated rings. The topological polar surface area (TPSA) is 37.3 Å². The molecule has 1 unspecified atom stereocenters. The second-order valence-corrected chi connectivity index (χ2v) is 3.48. The van der Waals surface area contributed by atoms with Crippen molar-refractivity contribution < 1.29 is 9.90 Å². The van der Waals surface area contributed by atoms with Crippen LogP contribution in [0.1, 0.15) is 23.7 Å². The normalized spacial score (nSPS) is 12.4. The fourth-order valence-electron chi connectivity index (χ4n) is 1.10. The summed E-state index contributed by atoms with van der Waals surface area (Å²) in [6.45, 7) is 0. The van der Waals surface area contributed by atoms with Gasteiger partial charge < -0.3 is 5.11 Å². The van der Waals surface area contributed by atoms with Crippen molar-refractivity contribution in [2.45, 2.75) is 18.1 Å². The van der Waals surface area contributed by atoms with E-state index >= 15 is 0 Å². The zero-order chi connectivity index (χ0) is 9.68. The maximum absolute atomic E-state index is 10.3. The first-order valence-electron chi connectivity index (χ1n) is 4.15. The number of carboxylic acid groups (broad SMARTS) is 1. The van der Waals surface area contributed by atoms with E-state index < -0.39 is 5.97 Å². The molecule has 0 amide bonds. The molecule has 0 heterocycles. The van der Waals surface area contributed by atoms with E-state index in [0.29, 0.717) is 6.42 Å². The average Bonchev–Trinajstić information content (AvgIpc) is 2.15. The van der Waals surface area contributed by atoms with Crippen molar-refractivity contribution in [1.82, 2.24) is 0 Å². The number of benzene rings is 1. The van der Waals surface area contributed by atoms with E-state index in [4.69, 9.17) is 5.11 Å². The van der Waals surface area contributed by atoms with Gasteiger partial charge in [0.05, 0.1) is 0 Å². The molecule has 13 heavy (non-hydrogen) atoms. The van der Waals surface area contributed by atoms with Crippen LogP contribution in [0.4, 0.5) is 0 Å². The van der Waals surface area contributed by atoms with Gasteiger partial charge in [-0.1, -0.05) is 30.3 Å². The molecule has 1 N–H and O–H groups in total. The third-order valence-corrected chi connectivity index (χ3v) is 2.37. The van der Waals surface area contributed by atoms with E-state index in [1.807, 2.05) is 30.3 Å². The Kier molecular flexibility index (Phi) is 3.83. The third-order valence-electron chi connectivity index (χ3n) is 1.82. The molecule has 1 aromatic carbocycles. The summed E-state index contributed by atoms with van der Waals surface area (Å²) in [7, 11) is 0. The minimum Gasteiger partial charge on any atom is -0.481 e. The predicted molar refractivity (Wildman–Crippen MR) is 55.0 cm³/mol. The number of thiol groups is 1. The molecular weight excluding hydrogens is 184 g/mol. The smallest absolute Gasteiger partial charge is 0.303 e. The van der Waals surface area contributed by atoms with Crippen LogP contribution in [0.25, 0.3) is 0 Å². The summed E-state index contributed by atoms with van der Waals surface area (Å²) in [5, 5.41) is 8.50. The van der Waals surface area contributed by atoms with Gasteiger partial charge in [-0.15, -0.1) is 0 Å². The Morgan fingerprint density at radius 2 is 2.00 bits per heavy atom. The highest BCUT2D eigenvalue weighted by Crippen LogP contribution is 2.24. The lowest BCUT2D eigenvalue weighted by Crippen LogP contribution is -1.98. The molecule has 1 rings (SSSR count). The maximum atomic E-state index is 10.3. The van der Waals surface area contributed by atoms with Gasteiger partial charge in [0.15, 0.2) is 0 Å². The van der Waals surface area contributed by atoms with Gasteiger partial charge in [0.1, 0.15) is 0 Å². The molecular formula is C10H12O2S. The van der Waals surface area contributed by atoms with Crippen LogP contribution in [0.2, 0.25) is 0 Å². The zero-order valence-electron chi connectivity index (χ0n) is 7.18. The van der Waals surface area contributed by atoms with Gasteiger partial charge in [0, 0.05) is 11.7 Å². The highest BCUT2D eigenvalue weighted by atomic mass is 32.1. The number of hydrogen-bond acceptors (Lipinski definition) is 2. The molecule has 70 valence electrons. The molecule has 0 aliphatic rings. The van der Waals surface area contributed by atoms with Gasteiger partial charge in [-0.2, -0.15) is 12.6 Å². The summed E-state index contributed by atoms with van der Waals surface area (Å²) >= 11 is 4.33. The standard InChI is InChI=1S/C10H12O2S/c11-10(12)7-6-9(13)8-4-2-1-3-5-8/h1-5,9,13H,6-7H2,(H,11,12). The number of hydrogen-bond donors (Lipinski definition) is 2. The molecule has 3 heteroatoms. The first kappa shape index (κ1) is 10.1. The van der Waals surface area contributed by atoms with E-state index in [1.54, 1.807) is 0 Å². The summed E-state index contributed by atoms with van der Waals surface area (Å²) in [6, 6.07) is 9.71. The predicted octanol–water partition coefficient (Wildman–Crippen LogP) is 2.52. The van der Waals surface area contributed by atoms with Gasteiger partial charge in [0.2, 0.25) is 0 Å². The molecule has 0 aliphatic heterocycles. The maximum Gasteiger partial charge on any atom is 0.303 e. The lowest BCUT2D eigenvalue weighted by Gasteiger charge is -2.08. The Morgan fingerprint density at radius 3 is 2.54 bits per heavy atom. The minimum absolute atomic E-state index is 0.0253. The molecule has 0 aromatic heterocycles. The van der Waals surface area contributed by atoms with E-state index in [1.165, 1.54) is 0 Å². The van der Waals surface area contributed by atoms with Crippen LogP contribution in [0.3, 0.4) is 0 Å². The van der Waals surface area contributed by atoms with Gasteiger partial charge in [-0.05, 0) is 12.0 Å². The number of carboxylic acids is 1. The van der Waals surface area contributed by atoms with Crippen LogP contribution in [0, 0.1) is 0 Å². The van der Waals surface area contributed by atoms with E-state index in [2.05, 4.69) is 12.6 Å². The van der Waals surface area contributed by atoms with Crippen LogP contribution in [0.15, 0.2) is 30.3 Å². The van der Waals surface area contributed by atoms with Crippen molar-refractivity contribution in [3.8, 4) is 0 Å². The Bertz CT molecular complexity index is 272. The quantitative estimate of drug-likeness (QED) is 0.726. The lowest BCUT2D eigenvalue weighted by atomic mass is 10.1. The summed E-state index contributed by atoms with van der Waals surface area (Å²) in [5.74, 6) is -0.769. The van der Waals surface area contributed by atoms with Gasteiger partial charge in [0.25, 0.3) is 0 Å². The fourth-order valence-corrected chi connectivity index (χ4v) is 1.40. The summed E-state index contributed by atoms with van der Waals surface area (Å²) in [5.41, 5.74) is 1.08. The van der Waals surface area contributed by atoms with Crippen LogP contribution >= 0.6 is 12.6 Å². The Balaban J connectivity index is 2.49. The van der Waals surface area contributed by atoms with Gasteiger partial charge in [-0.25, -0.2) is 0 Å². The highest BCUT2D eigenvalue weighted by molar-refractivity contribution is 7.80. The fraction of sp³-hybridized carbons (Fsp3) is 0.300. The summed E-state index contributed by atoms with van der Waals surface area (Å²) in [4.78, 5) is 10.3. The second kappa shape index (κ2) is 4.92. The number of carbonyl (C=O) groups is 1. The van der Waals surface area contributed by atoms with Gasteiger partial charge >= 0.3 is 5.97 Å². The zero-order valence-corrected chi connectivity index (χ0v) is 8.08. The van der Waals surface area contributed by atoms with Crippen molar-refractivity contribution in [2.75, 3.05) is 0 Å². The van der Waals surface area contributed by atoms with Crippen molar-refractivity contribution in [3.05, 3.63) is 35.9 Å². The largest absolute Gasteiger partial charge is 0.481 e. The average molecular weight is 196 g/mol. The van der Waals surface area contributed by atoms with E-state index in [-0.39, 0.29) is 11.7 Å². The van der Waals surface area contributed by atoms with Crippen molar-refractivity contribution in [2.24, 2.45) is 0 Å². The third kappa shape index (κ3) is 3.51. The van der Waals surface area contributed by atoms with Crippen molar-refractivity contribution in [1.29, 1.82) is 0 Å². The monoisotopic (exact) mass is 196 g/mol. The Labute approximate surface area is 83.0 Å². The molecule has 0 aliphatic carbocycles. The van der Waals surface area contributed by atoms with Crippen molar-refractivity contribution >= 4 is 18.6 Å². The molecule has 0 bridgehead atoms. The SMILES string of the molecule is O=C(O)CCC(S)c1ccccc1. The summed E-state index contributed by atoms with van der Waals surface area (Å²) in [6.07, 6.45) is 0.742. The first-order chi connectivity index (χ1) is 6.20. The Morgan fingerprint density at radius 1 is 1.38 bits per heavy atom. The molecule has 0 spiro atoms. The summed E-state index contributed by atoms with van der Waals surface area (Å²) < 4.78 is 0. The molecule has 1 atom stereocenters. The minimum atomic E-state index is -0.769. The number of aliphatic carboxylic acids is 1. The van der Waals surface area contributed by atoms with Crippen LogP contribution < -0.4 is 0 Å². The second-order valence-electron chi connectivity index (χ2n) is 2.86. The van der Waals surface area contributed by atoms with Crippen molar-refractivity contribution in [3.63, 3.8) is 0 Å². The van der Waals surface area contributed by atoms with E-state index in [9.17, 15) is 4.79 Å².